The van der Waals surface area contributed by atoms with Crippen molar-refractivity contribution in [1.82, 2.24) is 4.90 Å². The Kier molecular flexibility index (Phi) is 6.59. The van der Waals surface area contributed by atoms with Crippen molar-refractivity contribution in [3.05, 3.63) is 63.7 Å². The molecule has 0 saturated carbocycles. The predicted molar refractivity (Wildman–Crippen MR) is 98.8 cm³/mol. The number of rotatable bonds is 5. The fraction of sp³-hybridized carbons (Fsp3) is 0.300. The van der Waals surface area contributed by atoms with E-state index in [1.807, 2.05) is 4.90 Å². The van der Waals surface area contributed by atoms with Gasteiger partial charge in [-0.15, -0.1) is 0 Å². The molecule has 0 amide bonds. The van der Waals surface area contributed by atoms with Gasteiger partial charge in [-0.3, -0.25) is 4.90 Å². The Morgan fingerprint density at radius 3 is 2.32 bits per heavy atom. The second-order valence-corrected chi connectivity index (χ2v) is 6.73. The van der Waals surface area contributed by atoms with Crippen LogP contribution in [-0.4, -0.2) is 37.7 Å². The van der Waals surface area contributed by atoms with E-state index in [2.05, 4.69) is 0 Å². The molecule has 2 aromatic carbocycles. The second kappa shape index (κ2) is 8.94. The van der Waals surface area contributed by atoms with Crippen LogP contribution in [0.2, 0.25) is 5.02 Å². The Labute approximate surface area is 165 Å². The van der Waals surface area contributed by atoms with Crippen molar-refractivity contribution in [3.8, 4) is 11.5 Å². The summed E-state index contributed by atoms with van der Waals surface area (Å²) in [6, 6.07) is 4.21. The van der Waals surface area contributed by atoms with Crippen LogP contribution in [0.5, 0.6) is 11.5 Å². The van der Waals surface area contributed by atoms with E-state index in [4.69, 9.17) is 21.1 Å². The molecule has 0 radical (unpaired) electrons. The van der Waals surface area contributed by atoms with Gasteiger partial charge in [-0.25, -0.2) is 8.78 Å². The van der Waals surface area contributed by atoms with Crippen molar-refractivity contribution in [1.29, 1.82) is 0 Å². The van der Waals surface area contributed by atoms with E-state index >= 15 is 0 Å². The van der Waals surface area contributed by atoms with E-state index in [0.29, 0.717) is 43.4 Å². The first-order valence-corrected chi connectivity index (χ1v) is 9.03. The fourth-order valence-electron chi connectivity index (χ4n) is 2.77. The largest absolute Gasteiger partial charge is 0.451 e. The summed E-state index contributed by atoms with van der Waals surface area (Å²) in [6.45, 7) is 4.52. The van der Waals surface area contributed by atoms with Crippen molar-refractivity contribution in [2.24, 2.45) is 0 Å². The molecule has 2 aromatic rings. The first kappa shape index (κ1) is 20.6. The Balaban J connectivity index is 1.85. The van der Waals surface area contributed by atoms with Gasteiger partial charge in [0.15, 0.2) is 11.6 Å². The van der Waals surface area contributed by atoms with Crippen LogP contribution in [0.1, 0.15) is 11.1 Å². The molecule has 150 valence electrons. The zero-order chi connectivity index (χ0) is 20.3. The van der Waals surface area contributed by atoms with Crippen LogP contribution in [0.4, 0.5) is 17.6 Å². The number of nitrogens with zero attached hydrogens (tertiary/aromatic N) is 1. The maximum absolute atomic E-state index is 14.4. The van der Waals surface area contributed by atoms with Gasteiger partial charge in [0.1, 0.15) is 5.75 Å². The maximum atomic E-state index is 14.4. The van der Waals surface area contributed by atoms with Gasteiger partial charge < -0.3 is 9.47 Å². The molecule has 3 nitrogen and oxygen atoms in total. The van der Waals surface area contributed by atoms with Crippen LogP contribution in [0.3, 0.4) is 0 Å². The molecule has 0 atom stereocenters. The summed E-state index contributed by atoms with van der Waals surface area (Å²) in [5.41, 5.74) is -0.202. The van der Waals surface area contributed by atoms with E-state index in [-0.39, 0.29) is 5.75 Å². The van der Waals surface area contributed by atoms with Crippen LogP contribution in [0, 0.1) is 30.2 Å². The second-order valence-electron chi connectivity index (χ2n) is 6.33. The summed E-state index contributed by atoms with van der Waals surface area (Å²) < 4.78 is 67.7. The van der Waals surface area contributed by atoms with Gasteiger partial charge in [0.05, 0.1) is 18.8 Å². The molecule has 0 spiro atoms. The minimum Gasteiger partial charge on any atom is -0.451 e. The molecule has 0 aliphatic carbocycles. The third-order valence-electron chi connectivity index (χ3n) is 4.36. The van der Waals surface area contributed by atoms with Gasteiger partial charge in [0.25, 0.3) is 0 Å². The molecular formula is C20H18ClF4NO2. The highest BCUT2D eigenvalue weighted by Gasteiger charge is 2.26. The summed E-state index contributed by atoms with van der Waals surface area (Å²) in [5, 5.41) is 0.423. The fourth-order valence-corrected chi connectivity index (χ4v) is 2.88. The molecule has 28 heavy (non-hydrogen) atoms. The van der Waals surface area contributed by atoms with Gasteiger partial charge in [0.2, 0.25) is 17.4 Å². The Hall–Kier alpha value is -2.09. The summed E-state index contributed by atoms with van der Waals surface area (Å²) in [5.74, 6) is -7.36. The molecule has 1 aliphatic rings. The standard InChI is InChI=1S/C20H18ClF4NO2/c1-12-11-13(4-5-15(12)21)28-20-18(24)16(22)14(17(23)19(20)25)3-2-6-26-7-9-27-10-8-26/h2-5,11H,6-10H2,1H3/b3-2+. The average Bonchev–Trinajstić information content (AvgIpc) is 2.70. The molecular weight excluding hydrogens is 398 g/mol. The predicted octanol–water partition coefficient (Wildman–Crippen LogP) is 5.34. The van der Waals surface area contributed by atoms with Gasteiger partial charge in [0, 0.05) is 24.7 Å². The molecule has 0 aromatic heterocycles. The van der Waals surface area contributed by atoms with Crippen LogP contribution in [-0.2, 0) is 4.74 Å². The molecule has 3 rings (SSSR count). The van der Waals surface area contributed by atoms with Crippen molar-refractivity contribution < 1.29 is 27.0 Å². The van der Waals surface area contributed by atoms with Gasteiger partial charge in [-0.2, -0.15) is 8.78 Å². The lowest BCUT2D eigenvalue weighted by molar-refractivity contribution is 0.0435. The zero-order valence-electron chi connectivity index (χ0n) is 15.1. The normalized spacial score (nSPS) is 15.4. The van der Waals surface area contributed by atoms with Crippen LogP contribution < -0.4 is 4.74 Å². The minimum absolute atomic E-state index is 0.00843. The number of halogens is 5. The third kappa shape index (κ3) is 4.48. The number of aryl methyl sites for hydroxylation is 1. The van der Waals surface area contributed by atoms with Crippen LogP contribution in [0.15, 0.2) is 24.3 Å². The molecule has 0 bridgehead atoms. The van der Waals surface area contributed by atoms with E-state index in [1.165, 1.54) is 24.3 Å². The number of ether oxygens (including phenoxy) is 2. The molecule has 1 saturated heterocycles. The minimum atomic E-state index is -1.60. The highest BCUT2D eigenvalue weighted by atomic mass is 35.5. The molecule has 1 fully saturated rings. The number of hydrogen-bond acceptors (Lipinski definition) is 3. The summed E-state index contributed by atoms with van der Waals surface area (Å²) in [7, 11) is 0. The van der Waals surface area contributed by atoms with Crippen molar-refractivity contribution >= 4 is 17.7 Å². The zero-order valence-corrected chi connectivity index (χ0v) is 15.8. The van der Waals surface area contributed by atoms with E-state index in [0.717, 1.165) is 6.08 Å². The van der Waals surface area contributed by atoms with Crippen molar-refractivity contribution in [2.45, 2.75) is 6.92 Å². The number of morpholine rings is 1. The first-order valence-electron chi connectivity index (χ1n) is 8.65. The highest BCUT2D eigenvalue weighted by Crippen LogP contribution is 2.34. The van der Waals surface area contributed by atoms with Gasteiger partial charge >= 0.3 is 0 Å². The van der Waals surface area contributed by atoms with E-state index in [1.54, 1.807) is 6.92 Å². The maximum Gasteiger partial charge on any atom is 0.205 e. The lowest BCUT2D eigenvalue weighted by Gasteiger charge is -2.25. The van der Waals surface area contributed by atoms with E-state index in [9.17, 15) is 17.6 Å². The number of benzene rings is 2. The Morgan fingerprint density at radius 1 is 1.07 bits per heavy atom. The van der Waals surface area contributed by atoms with Crippen molar-refractivity contribution in [3.63, 3.8) is 0 Å². The van der Waals surface area contributed by atoms with Crippen LogP contribution >= 0.6 is 11.6 Å². The van der Waals surface area contributed by atoms with Gasteiger partial charge in [-0.05, 0) is 30.7 Å². The van der Waals surface area contributed by atoms with E-state index < -0.39 is 34.6 Å². The molecule has 0 N–H and O–H groups in total. The molecule has 1 heterocycles. The molecule has 1 aliphatic heterocycles. The third-order valence-corrected chi connectivity index (χ3v) is 4.78. The first-order chi connectivity index (χ1) is 13.4. The lowest BCUT2D eigenvalue weighted by Crippen LogP contribution is -2.36. The Bertz CT molecular complexity index is 869. The number of hydrogen-bond donors (Lipinski definition) is 0. The summed E-state index contributed by atoms with van der Waals surface area (Å²) >= 11 is 5.88. The highest BCUT2D eigenvalue weighted by molar-refractivity contribution is 6.31. The smallest absolute Gasteiger partial charge is 0.205 e. The van der Waals surface area contributed by atoms with Crippen LogP contribution in [0.25, 0.3) is 6.08 Å². The lowest BCUT2D eigenvalue weighted by atomic mass is 10.1. The van der Waals surface area contributed by atoms with Crippen molar-refractivity contribution in [2.75, 3.05) is 32.8 Å². The summed E-state index contributed by atoms with van der Waals surface area (Å²) in [6.07, 6.45) is 2.48. The topological polar surface area (TPSA) is 21.7 Å². The monoisotopic (exact) mass is 415 g/mol. The molecule has 8 heteroatoms. The Morgan fingerprint density at radius 2 is 1.71 bits per heavy atom. The average molecular weight is 416 g/mol. The quantitative estimate of drug-likeness (QED) is 0.486. The summed E-state index contributed by atoms with van der Waals surface area (Å²) in [4.78, 5) is 1.99. The van der Waals surface area contributed by atoms with Gasteiger partial charge in [-0.1, -0.05) is 23.8 Å². The molecule has 0 unspecified atom stereocenters. The SMILES string of the molecule is Cc1cc(Oc2c(F)c(F)c(/C=C/CN3CCOCC3)c(F)c2F)ccc1Cl.